The number of benzene rings is 1. The molecular weight excluding hydrogens is 392 g/mol. The lowest BCUT2D eigenvalue weighted by Gasteiger charge is -2.19. The van der Waals surface area contributed by atoms with Gasteiger partial charge in [-0.3, -0.25) is 10.2 Å². The van der Waals surface area contributed by atoms with Gasteiger partial charge < -0.3 is 14.9 Å². The number of carboxylic acid groups (broad SMARTS) is 1. The second kappa shape index (κ2) is 8.88. The first-order valence-electron chi connectivity index (χ1n) is 10.9. The normalized spacial score (nSPS) is 15.1. The molecule has 2 N–H and O–H groups in total. The van der Waals surface area contributed by atoms with Crippen LogP contribution in [0.5, 0.6) is 0 Å². The molecule has 0 bridgehead atoms. The summed E-state index contributed by atoms with van der Waals surface area (Å²) in [5.41, 5.74) is 4.18. The predicted octanol–water partition coefficient (Wildman–Crippen LogP) is 4.26. The predicted molar refractivity (Wildman–Crippen MR) is 118 cm³/mol. The van der Waals surface area contributed by atoms with Gasteiger partial charge in [0.1, 0.15) is 11.5 Å². The van der Waals surface area contributed by atoms with E-state index >= 15 is 0 Å². The van der Waals surface area contributed by atoms with Crippen LogP contribution < -0.4 is 0 Å². The Kier molecular flexibility index (Phi) is 6.02. The molecule has 1 aliphatic heterocycles. The quantitative estimate of drug-likeness (QED) is 0.591. The molecule has 162 valence electrons. The van der Waals surface area contributed by atoms with Crippen LogP contribution in [0.2, 0.25) is 0 Å². The zero-order valence-corrected chi connectivity index (χ0v) is 17.8. The summed E-state index contributed by atoms with van der Waals surface area (Å²) in [7, 11) is 0. The molecule has 1 amide bonds. The summed E-state index contributed by atoms with van der Waals surface area (Å²) in [6.45, 7) is 3.50. The Hall–Kier alpha value is -3.22. The Morgan fingerprint density at radius 1 is 1.19 bits per heavy atom. The third kappa shape index (κ3) is 4.76. The molecule has 1 aromatic carbocycles. The van der Waals surface area contributed by atoms with Crippen molar-refractivity contribution in [3.63, 3.8) is 0 Å². The van der Waals surface area contributed by atoms with Crippen LogP contribution >= 0.6 is 0 Å². The number of amidine groups is 1. The van der Waals surface area contributed by atoms with Crippen LogP contribution in [0.3, 0.4) is 0 Å². The first kappa shape index (κ1) is 21.0. The molecule has 1 saturated carbocycles. The molecule has 0 unspecified atom stereocenters. The molecule has 0 saturated heterocycles. The number of rotatable bonds is 9. The van der Waals surface area contributed by atoms with E-state index in [1.54, 1.807) is 17.0 Å². The second-order valence-electron chi connectivity index (χ2n) is 8.40. The number of carbonyl (C=O) groups is 2. The van der Waals surface area contributed by atoms with E-state index in [9.17, 15) is 14.7 Å². The lowest BCUT2D eigenvalue weighted by atomic mass is 10.1. The molecule has 7 heteroatoms. The lowest BCUT2D eigenvalue weighted by molar-refractivity contribution is 0.0962. The Morgan fingerprint density at radius 3 is 2.58 bits per heavy atom. The van der Waals surface area contributed by atoms with Crippen LogP contribution in [0, 0.1) is 5.41 Å². The Balaban J connectivity index is 1.37. The smallest absolute Gasteiger partial charge is 0.407 e. The van der Waals surface area contributed by atoms with E-state index in [1.807, 2.05) is 25.1 Å². The van der Waals surface area contributed by atoms with E-state index in [4.69, 9.17) is 5.41 Å². The topological polar surface area (TPSA) is 97.6 Å². The minimum Gasteiger partial charge on any atom is -0.465 e. The highest BCUT2D eigenvalue weighted by molar-refractivity contribution is 6.04. The molecule has 1 aliphatic carbocycles. The van der Waals surface area contributed by atoms with Crippen molar-refractivity contribution in [3.05, 3.63) is 64.5 Å². The molecule has 4 rings (SSSR count). The standard InChI is InChI=1S/C24H28N4O3/c1-2-3-12-27(24(30)31)13-16-4-6-18(7-5-16)21(29)15-28-14-19-10-11-20(17-8-9-17)26-22(19)23(28)25/h4-7,10-11,17,25H,2-3,8-9,12-15H2,1H3,(H,30,31). The van der Waals surface area contributed by atoms with Crippen molar-refractivity contribution >= 4 is 17.7 Å². The molecule has 2 heterocycles. The van der Waals surface area contributed by atoms with Gasteiger partial charge in [0.2, 0.25) is 0 Å². The van der Waals surface area contributed by atoms with E-state index in [2.05, 4.69) is 11.1 Å². The molecule has 2 aliphatic rings. The maximum atomic E-state index is 12.8. The summed E-state index contributed by atoms with van der Waals surface area (Å²) >= 11 is 0. The van der Waals surface area contributed by atoms with Crippen molar-refractivity contribution in [2.75, 3.05) is 13.1 Å². The Labute approximate surface area is 182 Å². The fraction of sp³-hybridized carbons (Fsp3) is 0.417. The molecular formula is C24H28N4O3. The largest absolute Gasteiger partial charge is 0.465 e. The number of amides is 1. The number of pyridine rings is 1. The zero-order chi connectivity index (χ0) is 22.0. The van der Waals surface area contributed by atoms with Crippen LogP contribution in [-0.4, -0.2) is 50.7 Å². The molecule has 0 atom stereocenters. The van der Waals surface area contributed by atoms with Gasteiger partial charge in [-0.25, -0.2) is 9.78 Å². The van der Waals surface area contributed by atoms with Gasteiger partial charge in [-0.05, 0) is 30.9 Å². The summed E-state index contributed by atoms with van der Waals surface area (Å²) < 4.78 is 0. The monoisotopic (exact) mass is 420 g/mol. The third-order valence-electron chi connectivity index (χ3n) is 5.93. The highest BCUT2D eigenvalue weighted by Crippen LogP contribution is 2.39. The first-order valence-corrected chi connectivity index (χ1v) is 10.9. The number of unbranched alkanes of at least 4 members (excludes halogenated alkanes) is 1. The van der Waals surface area contributed by atoms with Crippen molar-refractivity contribution in [3.8, 4) is 0 Å². The maximum Gasteiger partial charge on any atom is 0.407 e. The van der Waals surface area contributed by atoms with Crippen molar-refractivity contribution < 1.29 is 14.7 Å². The molecule has 0 spiro atoms. The fourth-order valence-corrected chi connectivity index (χ4v) is 3.88. The summed E-state index contributed by atoms with van der Waals surface area (Å²) in [4.78, 5) is 32.0. The minimum absolute atomic E-state index is 0.0624. The highest BCUT2D eigenvalue weighted by atomic mass is 16.4. The summed E-state index contributed by atoms with van der Waals surface area (Å²) in [5, 5.41) is 17.8. The molecule has 1 fully saturated rings. The van der Waals surface area contributed by atoms with E-state index in [0.717, 1.165) is 29.7 Å². The second-order valence-corrected chi connectivity index (χ2v) is 8.40. The molecule has 0 radical (unpaired) electrons. The van der Waals surface area contributed by atoms with Gasteiger partial charge in [-0.15, -0.1) is 0 Å². The third-order valence-corrected chi connectivity index (χ3v) is 5.93. The van der Waals surface area contributed by atoms with Crippen LogP contribution in [0.15, 0.2) is 36.4 Å². The number of hydrogen-bond acceptors (Lipinski definition) is 4. The van der Waals surface area contributed by atoms with Gasteiger partial charge in [0.05, 0.1) is 6.54 Å². The van der Waals surface area contributed by atoms with Crippen LogP contribution in [0.1, 0.15) is 71.4 Å². The van der Waals surface area contributed by atoms with Gasteiger partial charge in [-0.1, -0.05) is 43.7 Å². The van der Waals surface area contributed by atoms with Crippen molar-refractivity contribution in [2.45, 2.75) is 51.6 Å². The SMILES string of the molecule is CCCCN(Cc1ccc(C(=O)CN2Cc3ccc(C4CC4)nc3C2=N)cc1)C(=O)O. The van der Waals surface area contributed by atoms with Crippen molar-refractivity contribution in [2.24, 2.45) is 0 Å². The maximum absolute atomic E-state index is 12.8. The first-order chi connectivity index (χ1) is 15.0. The van der Waals surface area contributed by atoms with Crippen LogP contribution in [0.4, 0.5) is 4.79 Å². The molecule has 2 aromatic rings. The van der Waals surface area contributed by atoms with Crippen LogP contribution in [-0.2, 0) is 13.1 Å². The number of aromatic nitrogens is 1. The summed E-state index contributed by atoms with van der Waals surface area (Å²) in [6, 6.07) is 11.2. The summed E-state index contributed by atoms with van der Waals surface area (Å²) in [6.07, 6.45) is 3.16. The number of Topliss-reactive ketones (excluding diaryl/α,β-unsaturated/α-hetero) is 1. The number of carbonyl (C=O) groups excluding carboxylic acids is 1. The van der Waals surface area contributed by atoms with E-state index in [0.29, 0.717) is 42.6 Å². The molecule has 31 heavy (non-hydrogen) atoms. The van der Waals surface area contributed by atoms with Gasteiger partial charge in [0, 0.05) is 42.4 Å². The van der Waals surface area contributed by atoms with Crippen molar-refractivity contribution in [1.82, 2.24) is 14.8 Å². The molecule has 7 nitrogen and oxygen atoms in total. The van der Waals surface area contributed by atoms with Gasteiger partial charge in [0.25, 0.3) is 0 Å². The fourth-order valence-electron chi connectivity index (χ4n) is 3.88. The highest BCUT2D eigenvalue weighted by Gasteiger charge is 2.31. The number of hydrogen-bond donors (Lipinski definition) is 2. The Morgan fingerprint density at radius 2 is 1.94 bits per heavy atom. The number of nitrogens with one attached hydrogen (secondary N) is 1. The zero-order valence-electron chi connectivity index (χ0n) is 17.8. The summed E-state index contributed by atoms with van der Waals surface area (Å²) in [5.74, 6) is 0.786. The van der Waals surface area contributed by atoms with E-state index in [1.165, 1.54) is 17.7 Å². The van der Waals surface area contributed by atoms with Gasteiger partial charge in [0.15, 0.2) is 5.78 Å². The van der Waals surface area contributed by atoms with Crippen LogP contribution in [0.25, 0.3) is 0 Å². The molecule has 1 aromatic heterocycles. The number of ketones is 1. The van der Waals surface area contributed by atoms with Gasteiger partial charge in [-0.2, -0.15) is 0 Å². The number of nitrogens with zero attached hydrogens (tertiary/aromatic N) is 3. The average Bonchev–Trinajstić information content (AvgIpc) is 3.57. The minimum atomic E-state index is -0.931. The Bertz CT molecular complexity index is 998. The van der Waals surface area contributed by atoms with Gasteiger partial charge >= 0.3 is 6.09 Å². The van der Waals surface area contributed by atoms with Crippen molar-refractivity contribution in [1.29, 1.82) is 5.41 Å². The lowest BCUT2D eigenvalue weighted by Crippen LogP contribution is -2.31. The van der Waals surface area contributed by atoms with E-state index in [-0.39, 0.29) is 12.3 Å². The number of fused-ring (bicyclic) bond motifs is 1. The van der Waals surface area contributed by atoms with E-state index < -0.39 is 6.09 Å². The average molecular weight is 421 g/mol.